The van der Waals surface area contributed by atoms with Crippen molar-refractivity contribution in [2.24, 2.45) is 0 Å². The fourth-order valence-electron chi connectivity index (χ4n) is 3.77. The summed E-state index contributed by atoms with van der Waals surface area (Å²) in [6.45, 7) is 0. The van der Waals surface area contributed by atoms with Crippen LogP contribution >= 0.6 is 0 Å². The highest BCUT2D eigenvalue weighted by atomic mass is 16.5. The minimum Gasteiger partial charge on any atom is -0.496 e. The van der Waals surface area contributed by atoms with Crippen molar-refractivity contribution in [1.82, 2.24) is 0 Å². The fraction of sp³-hybridized carbons (Fsp3) is 0.200. The molecule has 1 atom stereocenters. The second-order valence-corrected chi connectivity index (χ2v) is 5.98. The van der Waals surface area contributed by atoms with E-state index in [0.717, 1.165) is 33.4 Å². The first kappa shape index (κ1) is 14.7. The number of methoxy groups -OCH3 is 2. The molecule has 2 aromatic carbocycles. The molecule has 2 aliphatic carbocycles. The van der Waals surface area contributed by atoms with Crippen LogP contribution in [0.2, 0.25) is 0 Å². The summed E-state index contributed by atoms with van der Waals surface area (Å²) in [5, 5.41) is 2.14. The molecule has 0 bridgehead atoms. The highest BCUT2D eigenvalue weighted by molar-refractivity contribution is 6.18. The fourth-order valence-corrected chi connectivity index (χ4v) is 3.77. The number of allylic oxidation sites excluding steroid dienone is 4. The molecule has 0 aromatic heterocycles. The molecule has 0 radical (unpaired) electrons. The number of rotatable bonds is 3. The van der Waals surface area contributed by atoms with Crippen molar-refractivity contribution in [3.05, 3.63) is 59.2 Å². The van der Waals surface area contributed by atoms with Gasteiger partial charge in [0.2, 0.25) is 0 Å². The van der Waals surface area contributed by atoms with Gasteiger partial charge >= 0.3 is 0 Å². The highest BCUT2D eigenvalue weighted by Gasteiger charge is 2.35. The number of hydrogen-bond acceptors (Lipinski definition) is 4. The lowest BCUT2D eigenvalue weighted by atomic mass is 9.86. The quantitative estimate of drug-likeness (QED) is 0.815. The Morgan fingerprint density at radius 2 is 1.67 bits per heavy atom. The van der Waals surface area contributed by atoms with Crippen molar-refractivity contribution in [3.8, 4) is 11.5 Å². The Bertz CT molecular complexity index is 945. The van der Waals surface area contributed by atoms with Crippen LogP contribution < -0.4 is 9.47 Å². The number of benzene rings is 2. The molecule has 0 amide bonds. The van der Waals surface area contributed by atoms with Gasteiger partial charge in [0.25, 0.3) is 0 Å². The van der Waals surface area contributed by atoms with Gasteiger partial charge in [0.05, 0.1) is 14.2 Å². The van der Waals surface area contributed by atoms with E-state index >= 15 is 0 Å². The zero-order valence-corrected chi connectivity index (χ0v) is 13.5. The van der Waals surface area contributed by atoms with E-state index in [4.69, 9.17) is 9.47 Å². The van der Waals surface area contributed by atoms with Crippen molar-refractivity contribution >= 4 is 22.3 Å². The van der Waals surface area contributed by atoms with E-state index in [-0.39, 0.29) is 17.5 Å². The molecule has 0 N–H and O–H groups in total. The summed E-state index contributed by atoms with van der Waals surface area (Å²) >= 11 is 0. The number of hydrogen-bond donors (Lipinski definition) is 0. The largest absolute Gasteiger partial charge is 0.496 e. The minimum absolute atomic E-state index is 0.120. The normalized spacial score (nSPS) is 18.9. The smallest absolute Gasteiger partial charge is 0.182 e. The standard InChI is InChI=1S/C20H16O4/c1-23-17-7-3-11-4-8-18(24-2)20-14(10-15(17)19(11)20)13-9-12(21)5-6-16(13)22/h3-9,14H,10H2,1-2H3. The molecule has 4 nitrogen and oxygen atoms in total. The zero-order valence-electron chi connectivity index (χ0n) is 13.5. The third-order valence-corrected chi connectivity index (χ3v) is 4.80. The van der Waals surface area contributed by atoms with Crippen LogP contribution in [0.15, 0.2) is 48.1 Å². The van der Waals surface area contributed by atoms with Gasteiger partial charge in [-0.05, 0) is 47.6 Å². The monoisotopic (exact) mass is 320 g/mol. The molecule has 4 heteroatoms. The van der Waals surface area contributed by atoms with Gasteiger partial charge in [0.15, 0.2) is 11.6 Å². The lowest BCUT2D eigenvalue weighted by Gasteiger charge is -2.18. The van der Waals surface area contributed by atoms with Crippen LogP contribution in [0, 0.1) is 0 Å². The number of ether oxygens (including phenoxy) is 2. The van der Waals surface area contributed by atoms with Crippen molar-refractivity contribution in [1.29, 1.82) is 0 Å². The summed E-state index contributed by atoms with van der Waals surface area (Å²) in [4.78, 5) is 24.2. The summed E-state index contributed by atoms with van der Waals surface area (Å²) in [5.41, 5.74) is 2.54. The number of carbonyl (C=O) groups is 2. The molecule has 120 valence electrons. The van der Waals surface area contributed by atoms with Crippen molar-refractivity contribution in [3.63, 3.8) is 0 Å². The molecule has 4 rings (SSSR count). The molecule has 0 saturated carbocycles. The van der Waals surface area contributed by atoms with Gasteiger partial charge in [-0.1, -0.05) is 12.1 Å². The molecule has 2 aliphatic rings. The Labute approximate surface area is 139 Å². The average Bonchev–Trinajstić information content (AvgIpc) is 3.00. The van der Waals surface area contributed by atoms with Crippen LogP contribution in [-0.2, 0) is 16.0 Å². The molecule has 1 unspecified atom stereocenters. The van der Waals surface area contributed by atoms with Gasteiger partial charge in [0, 0.05) is 22.6 Å². The lowest BCUT2D eigenvalue weighted by molar-refractivity contribution is -0.114. The molecule has 0 heterocycles. The maximum absolute atomic E-state index is 12.4. The van der Waals surface area contributed by atoms with Crippen LogP contribution in [0.25, 0.3) is 10.8 Å². The molecule has 0 aliphatic heterocycles. The van der Waals surface area contributed by atoms with Crippen LogP contribution in [0.3, 0.4) is 0 Å². The van der Waals surface area contributed by atoms with E-state index < -0.39 is 0 Å². The zero-order chi connectivity index (χ0) is 16.8. The van der Waals surface area contributed by atoms with Crippen LogP contribution in [0.5, 0.6) is 11.5 Å². The highest BCUT2D eigenvalue weighted by Crippen LogP contribution is 2.49. The molecule has 24 heavy (non-hydrogen) atoms. The second-order valence-electron chi connectivity index (χ2n) is 5.98. The van der Waals surface area contributed by atoms with E-state index in [1.54, 1.807) is 14.2 Å². The summed E-state index contributed by atoms with van der Waals surface area (Å²) < 4.78 is 11.1. The lowest BCUT2D eigenvalue weighted by Crippen LogP contribution is -2.15. The average molecular weight is 320 g/mol. The molecule has 0 saturated heterocycles. The maximum atomic E-state index is 12.4. The van der Waals surface area contributed by atoms with Crippen LogP contribution in [0.4, 0.5) is 0 Å². The van der Waals surface area contributed by atoms with E-state index in [1.807, 2.05) is 24.3 Å². The van der Waals surface area contributed by atoms with Crippen molar-refractivity contribution < 1.29 is 19.1 Å². The summed E-state index contributed by atoms with van der Waals surface area (Å²) in [5.74, 6) is 1.06. The van der Waals surface area contributed by atoms with Gasteiger partial charge < -0.3 is 9.47 Å². The van der Waals surface area contributed by atoms with E-state index in [0.29, 0.717) is 12.0 Å². The molecule has 2 aromatic rings. The molecular formula is C20H16O4. The Morgan fingerprint density at radius 1 is 0.958 bits per heavy atom. The second kappa shape index (κ2) is 5.34. The Kier molecular flexibility index (Phi) is 3.27. The Hall–Kier alpha value is -2.88. The van der Waals surface area contributed by atoms with Gasteiger partial charge in [-0.3, -0.25) is 9.59 Å². The van der Waals surface area contributed by atoms with Gasteiger partial charge in [-0.25, -0.2) is 0 Å². The predicted octanol–water partition coefficient (Wildman–Crippen LogP) is 3.13. The number of ketones is 2. The van der Waals surface area contributed by atoms with Crippen molar-refractivity contribution in [2.75, 3.05) is 14.2 Å². The Morgan fingerprint density at radius 3 is 2.38 bits per heavy atom. The third-order valence-electron chi connectivity index (χ3n) is 4.80. The maximum Gasteiger partial charge on any atom is 0.182 e. The molecular weight excluding hydrogens is 304 g/mol. The van der Waals surface area contributed by atoms with E-state index in [2.05, 4.69) is 0 Å². The van der Waals surface area contributed by atoms with Crippen LogP contribution in [-0.4, -0.2) is 25.8 Å². The Balaban J connectivity index is 1.99. The summed E-state index contributed by atoms with van der Waals surface area (Å²) in [6.07, 6.45) is 4.73. The van der Waals surface area contributed by atoms with Gasteiger partial charge in [0.1, 0.15) is 11.5 Å². The SMILES string of the molecule is COc1ccc2ccc(OC)c3c2c1CC3C1=CC(=O)C=CC1=O. The van der Waals surface area contributed by atoms with Crippen LogP contribution in [0.1, 0.15) is 17.0 Å². The van der Waals surface area contributed by atoms with E-state index in [1.165, 1.54) is 18.2 Å². The first-order chi connectivity index (χ1) is 11.6. The summed E-state index contributed by atoms with van der Waals surface area (Å²) in [6, 6.07) is 7.87. The number of carbonyl (C=O) groups excluding carboxylic acids is 2. The first-order valence-corrected chi connectivity index (χ1v) is 7.78. The summed E-state index contributed by atoms with van der Waals surface area (Å²) in [7, 11) is 3.26. The van der Waals surface area contributed by atoms with E-state index in [9.17, 15) is 9.59 Å². The first-order valence-electron chi connectivity index (χ1n) is 7.78. The van der Waals surface area contributed by atoms with Crippen molar-refractivity contribution in [2.45, 2.75) is 12.3 Å². The molecule has 0 fully saturated rings. The predicted molar refractivity (Wildman–Crippen MR) is 90.7 cm³/mol. The van der Waals surface area contributed by atoms with Gasteiger partial charge in [-0.2, -0.15) is 0 Å². The minimum atomic E-state index is -0.198. The topological polar surface area (TPSA) is 52.6 Å². The van der Waals surface area contributed by atoms with Gasteiger partial charge in [-0.15, -0.1) is 0 Å². The molecule has 0 spiro atoms. The third kappa shape index (κ3) is 1.99.